The Morgan fingerprint density at radius 3 is 2.67 bits per heavy atom. The van der Waals surface area contributed by atoms with Crippen LogP contribution in [0, 0.1) is 5.92 Å². The first-order valence-electron chi connectivity index (χ1n) is 6.68. The molecule has 0 radical (unpaired) electrons. The molecule has 1 aromatic heterocycles. The molecule has 3 rings (SSSR count). The molecule has 0 atom stereocenters. The molecule has 0 aliphatic heterocycles. The first-order valence-corrected chi connectivity index (χ1v) is 7.49. The Balaban J connectivity index is 1.85. The Morgan fingerprint density at radius 2 is 2.17 bits per heavy atom. The number of carboxylic acid groups (broad SMARTS) is 1. The second-order valence-corrected chi connectivity index (χ2v) is 6.25. The average molecular weight is 266 g/mol. The van der Waals surface area contributed by atoms with E-state index in [4.69, 9.17) is 0 Å². The molecule has 1 N–H and O–H groups in total. The maximum atomic E-state index is 11.3. The maximum Gasteiger partial charge on any atom is 0.347 e. The molecule has 0 spiro atoms. The van der Waals surface area contributed by atoms with E-state index in [-0.39, 0.29) is 0 Å². The molecule has 2 saturated carbocycles. The summed E-state index contributed by atoms with van der Waals surface area (Å²) in [7, 11) is 0. The van der Waals surface area contributed by atoms with Gasteiger partial charge in [0.05, 0.1) is 5.69 Å². The first-order chi connectivity index (χ1) is 8.69. The van der Waals surface area contributed by atoms with Gasteiger partial charge >= 0.3 is 5.97 Å². The van der Waals surface area contributed by atoms with Crippen molar-refractivity contribution in [1.29, 1.82) is 0 Å². The van der Waals surface area contributed by atoms with Crippen LogP contribution in [0.5, 0.6) is 0 Å². The third-order valence-electron chi connectivity index (χ3n) is 3.63. The van der Waals surface area contributed by atoms with Crippen LogP contribution in [0.1, 0.15) is 53.9 Å². The van der Waals surface area contributed by atoms with E-state index < -0.39 is 5.97 Å². The quantitative estimate of drug-likeness (QED) is 0.860. The fraction of sp³-hybridized carbons (Fsp3) is 0.692. The van der Waals surface area contributed by atoms with Crippen LogP contribution in [0.2, 0.25) is 0 Å². The minimum Gasteiger partial charge on any atom is -0.477 e. The van der Waals surface area contributed by atoms with Crippen molar-refractivity contribution in [3.63, 3.8) is 0 Å². The predicted molar refractivity (Wildman–Crippen MR) is 71.7 cm³/mol. The van der Waals surface area contributed by atoms with E-state index in [1.165, 1.54) is 24.2 Å². The van der Waals surface area contributed by atoms with E-state index in [0.29, 0.717) is 10.8 Å². The summed E-state index contributed by atoms with van der Waals surface area (Å²) in [5, 5.41) is 10.2. The van der Waals surface area contributed by atoms with E-state index in [1.807, 2.05) is 0 Å². The van der Waals surface area contributed by atoms with Crippen molar-refractivity contribution in [3.05, 3.63) is 10.6 Å². The molecule has 4 nitrogen and oxygen atoms in total. The summed E-state index contributed by atoms with van der Waals surface area (Å²) in [6.07, 6.45) is 4.81. The van der Waals surface area contributed by atoms with Gasteiger partial charge in [0, 0.05) is 19.0 Å². The lowest BCUT2D eigenvalue weighted by Gasteiger charge is -2.19. The Kier molecular flexibility index (Phi) is 3.01. The van der Waals surface area contributed by atoms with Gasteiger partial charge in [-0.3, -0.25) is 0 Å². The highest BCUT2D eigenvalue weighted by Gasteiger charge is 2.33. The molecule has 0 bridgehead atoms. The van der Waals surface area contributed by atoms with Crippen LogP contribution in [-0.2, 0) is 0 Å². The third-order valence-corrected chi connectivity index (χ3v) is 4.75. The fourth-order valence-electron chi connectivity index (χ4n) is 2.20. The number of carbonyl (C=O) groups is 1. The molecular weight excluding hydrogens is 248 g/mol. The molecule has 0 unspecified atom stereocenters. The molecule has 0 aromatic carbocycles. The molecule has 5 heteroatoms. The van der Waals surface area contributed by atoms with Crippen LogP contribution in [0.4, 0.5) is 5.13 Å². The van der Waals surface area contributed by atoms with Crippen LogP contribution in [0.15, 0.2) is 0 Å². The van der Waals surface area contributed by atoms with Gasteiger partial charge in [0.1, 0.15) is 4.88 Å². The lowest BCUT2D eigenvalue weighted by Crippen LogP contribution is -2.24. The van der Waals surface area contributed by atoms with Crippen molar-refractivity contribution in [1.82, 2.24) is 4.98 Å². The zero-order valence-electron chi connectivity index (χ0n) is 10.6. The van der Waals surface area contributed by atoms with Crippen molar-refractivity contribution in [2.24, 2.45) is 5.92 Å². The monoisotopic (exact) mass is 266 g/mol. The van der Waals surface area contributed by atoms with E-state index in [1.54, 1.807) is 0 Å². The highest BCUT2D eigenvalue weighted by atomic mass is 32.1. The van der Waals surface area contributed by atoms with Crippen molar-refractivity contribution in [3.8, 4) is 0 Å². The number of hydrogen-bond donors (Lipinski definition) is 1. The van der Waals surface area contributed by atoms with Crippen LogP contribution >= 0.6 is 11.3 Å². The molecule has 2 aliphatic rings. The van der Waals surface area contributed by atoms with Gasteiger partial charge in [-0.1, -0.05) is 11.3 Å². The Labute approximate surface area is 111 Å². The minimum absolute atomic E-state index is 0.403. The standard InChI is InChI=1S/C13H18N2O2S/c1-2-15(7-8-3-4-8)13-14-10(9-5-6-9)11(18-13)12(16)17/h8-9H,2-7H2,1H3,(H,16,17). The number of aromatic nitrogens is 1. The largest absolute Gasteiger partial charge is 0.477 e. The Hall–Kier alpha value is -1.10. The third kappa shape index (κ3) is 2.36. The van der Waals surface area contributed by atoms with Gasteiger partial charge in [-0.2, -0.15) is 0 Å². The lowest BCUT2D eigenvalue weighted by atomic mass is 10.2. The lowest BCUT2D eigenvalue weighted by molar-refractivity contribution is 0.0700. The van der Waals surface area contributed by atoms with Crippen LogP contribution in [0.25, 0.3) is 0 Å². The molecule has 2 fully saturated rings. The number of nitrogens with zero attached hydrogens (tertiary/aromatic N) is 2. The second kappa shape index (κ2) is 4.53. The van der Waals surface area contributed by atoms with Gasteiger partial charge in [-0.25, -0.2) is 9.78 Å². The van der Waals surface area contributed by atoms with E-state index in [2.05, 4.69) is 16.8 Å². The van der Waals surface area contributed by atoms with E-state index in [0.717, 1.165) is 42.7 Å². The number of aromatic carboxylic acids is 1. The Bertz CT molecular complexity index is 464. The maximum absolute atomic E-state index is 11.3. The van der Waals surface area contributed by atoms with Crippen LogP contribution in [0.3, 0.4) is 0 Å². The fourth-order valence-corrected chi connectivity index (χ4v) is 3.26. The normalized spacial score (nSPS) is 18.9. The van der Waals surface area contributed by atoms with Gasteiger partial charge < -0.3 is 10.0 Å². The molecule has 18 heavy (non-hydrogen) atoms. The van der Waals surface area contributed by atoms with Crippen molar-refractivity contribution < 1.29 is 9.90 Å². The number of anilines is 1. The zero-order chi connectivity index (χ0) is 12.7. The molecule has 0 amide bonds. The van der Waals surface area contributed by atoms with Crippen LogP contribution in [-0.4, -0.2) is 29.1 Å². The van der Waals surface area contributed by atoms with Crippen molar-refractivity contribution in [2.45, 2.75) is 38.5 Å². The van der Waals surface area contributed by atoms with Gasteiger partial charge in [-0.15, -0.1) is 0 Å². The Morgan fingerprint density at radius 1 is 1.44 bits per heavy atom. The highest BCUT2D eigenvalue weighted by Crippen LogP contribution is 2.44. The first kappa shape index (κ1) is 12.0. The summed E-state index contributed by atoms with van der Waals surface area (Å²) in [4.78, 5) is 18.6. The van der Waals surface area contributed by atoms with Crippen LogP contribution < -0.4 is 4.90 Å². The van der Waals surface area contributed by atoms with Gasteiger partial charge in [0.25, 0.3) is 0 Å². The molecule has 98 valence electrons. The SMILES string of the molecule is CCN(CC1CC1)c1nc(C2CC2)c(C(=O)O)s1. The number of thiazole rings is 1. The minimum atomic E-state index is -0.817. The topological polar surface area (TPSA) is 53.4 Å². The summed E-state index contributed by atoms with van der Waals surface area (Å²) < 4.78 is 0. The second-order valence-electron chi connectivity index (χ2n) is 5.27. The summed E-state index contributed by atoms with van der Waals surface area (Å²) in [6.45, 7) is 4.06. The highest BCUT2D eigenvalue weighted by molar-refractivity contribution is 7.17. The summed E-state index contributed by atoms with van der Waals surface area (Å²) in [6, 6.07) is 0. The van der Waals surface area contributed by atoms with Crippen molar-refractivity contribution in [2.75, 3.05) is 18.0 Å². The van der Waals surface area contributed by atoms with Gasteiger partial charge in [0.2, 0.25) is 0 Å². The molecule has 0 saturated heterocycles. The predicted octanol–water partition coefficient (Wildman–Crippen LogP) is 2.96. The van der Waals surface area contributed by atoms with E-state index >= 15 is 0 Å². The number of carboxylic acids is 1. The smallest absolute Gasteiger partial charge is 0.347 e. The number of hydrogen-bond acceptors (Lipinski definition) is 4. The van der Waals surface area contributed by atoms with Gasteiger partial charge in [-0.05, 0) is 38.5 Å². The average Bonchev–Trinajstić information content (AvgIpc) is 3.26. The summed E-state index contributed by atoms with van der Waals surface area (Å²) in [5.41, 5.74) is 0.830. The van der Waals surface area contributed by atoms with Crippen molar-refractivity contribution >= 4 is 22.4 Å². The summed E-state index contributed by atoms with van der Waals surface area (Å²) >= 11 is 1.35. The van der Waals surface area contributed by atoms with E-state index in [9.17, 15) is 9.90 Å². The molecule has 1 aromatic rings. The number of rotatable bonds is 6. The molecular formula is C13H18N2O2S. The zero-order valence-corrected chi connectivity index (χ0v) is 11.4. The molecule has 1 heterocycles. The van der Waals surface area contributed by atoms with Gasteiger partial charge in [0.15, 0.2) is 5.13 Å². The molecule has 2 aliphatic carbocycles. The summed E-state index contributed by atoms with van der Waals surface area (Å²) in [5.74, 6) is 0.385.